The molecule has 0 unspecified atom stereocenters. The maximum absolute atomic E-state index is 10.6. The van der Waals surface area contributed by atoms with Gasteiger partial charge in [0.15, 0.2) is 0 Å². The summed E-state index contributed by atoms with van der Waals surface area (Å²) in [4.78, 5) is 16.9. The van der Waals surface area contributed by atoms with Gasteiger partial charge in [-0.25, -0.2) is 11.1 Å². The van der Waals surface area contributed by atoms with Gasteiger partial charge < -0.3 is 29.2 Å². The van der Waals surface area contributed by atoms with Gasteiger partial charge in [-0.3, -0.25) is 0 Å². The SMILES string of the molecule is [C-]#[N+]CCOCCOCCOCCn1ccnc1[N+](=O)[O-]. The third-order valence-electron chi connectivity index (χ3n) is 2.42. The predicted octanol–water partition coefficient (Wildman–Crippen LogP) is 0.760. The van der Waals surface area contributed by atoms with Gasteiger partial charge in [-0.15, -0.1) is 0 Å². The summed E-state index contributed by atoms with van der Waals surface area (Å²) in [6.45, 7) is 9.81. The van der Waals surface area contributed by atoms with Crippen molar-refractivity contribution in [3.63, 3.8) is 0 Å². The molecule has 0 N–H and O–H groups in total. The molecule has 1 aromatic rings. The van der Waals surface area contributed by atoms with Crippen LogP contribution in [0.1, 0.15) is 0 Å². The van der Waals surface area contributed by atoms with Crippen LogP contribution in [0.15, 0.2) is 12.4 Å². The van der Waals surface area contributed by atoms with E-state index in [0.29, 0.717) is 52.7 Å². The van der Waals surface area contributed by atoms with Crippen molar-refractivity contribution >= 4 is 5.95 Å². The number of nitro groups is 1. The van der Waals surface area contributed by atoms with E-state index in [9.17, 15) is 10.1 Å². The van der Waals surface area contributed by atoms with Crippen molar-refractivity contribution in [2.45, 2.75) is 6.54 Å². The molecule has 0 aliphatic rings. The molecule has 9 nitrogen and oxygen atoms in total. The number of rotatable bonds is 12. The summed E-state index contributed by atoms with van der Waals surface area (Å²) in [5.74, 6) is -0.189. The van der Waals surface area contributed by atoms with Crippen LogP contribution in [0.4, 0.5) is 5.95 Å². The van der Waals surface area contributed by atoms with Crippen LogP contribution in [-0.4, -0.2) is 60.7 Å². The normalized spacial score (nSPS) is 10.4. The molecule has 1 rings (SSSR count). The second kappa shape index (κ2) is 10.7. The highest BCUT2D eigenvalue weighted by atomic mass is 16.6. The second-order valence-corrected chi connectivity index (χ2v) is 3.90. The molecule has 1 aromatic heterocycles. The molecule has 0 amide bonds. The molecule has 0 saturated heterocycles. The zero-order chi connectivity index (χ0) is 15.3. The largest absolute Gasteiger partial charge is 0.434 e. The van der Waals surface area contributed by atoms with E-state index in [0.717, 1.165) is 0 Å². The van der Waals surface area contributed by atoms with Gasteiger partial charge in [0.25, 0.3) is 0 Å². The average Bonchev–Trinajstić information content (AvgIpc) is 2.93. The van der Waals surface area contributed by atoms with E-state index in [-0.39, 0.29) is 5.95 Å². The van der Waals surface area contributed by atoms with Crippen molar-refractivity contribution in [2.75, 3.05) is 46.2 Å². The lowest BCUT2D eigenvalue weighted by atomic mass is 10.6. The van der Waals surface area contributed by atoms with Crippen LogP contribution < -0.4 is 0 Å². The molecule has 0 atom stereocenters. The maximum atomic E-state index is 10.6. The number of imidazole rings is 1. The van der Waals surface area contributed by atoms with Crippen molar-refractivity contribution in [1.29, 1.82) is 0 Å². The van der Waals surface area contributed by atoms with Crippen LogP contribution in [0.5, 0.6) is 0 Å². The van der Waals surface area contributed by atoms with Gasteiger partial charge in [0.1, 0.15) is 19.0 Å². The summed E-state index contributed by atoms with van der Waals surface area (Å²) in [5.41, 5.74) is 0. The summed E-state index contributed by atoms with van der Waals surface area (Å²) in [5, 5.41) is 10.6. The van der Waals surface area contributed by atoms with Gasteiger partial charge in [-0.2, -0.15) is 0 Å². The van der Waals surface area contributed by atoms with E-state index >= 15 is 0 Å². The van der Waals surface area contributed by atoms with Crippen molar-refractivity contribution in [3.8, 4) is 0 Å². The van der Waals surface area contributed by atoms with Gasteiger partial charge in [0.05, 0.1) is 39.6 Å². The Kier molecular flexibility index (Phi) is 8.70. The molecular formula is C12H18N4O5. The Morgan fingerprint density at radius 2 is 1.81 bits per heavy atom. The fourth-order valence-electron chi connectivity index (χ4n) is 1.46. The summed E-state index contributed by atoms with van der Waals surface area (Å²) in [6, 6.07) is 0. The smallest absolute Gasteiger partial charge is 0.390 e. The summed E-state index contributed by atoms with van der Waals surface area (Å²) in [6.07, 6.45) is 2.92. The zero-order valence-corrected chi connectivity index (χ0v) is 11.6. The van der Waals surface area contributed by atoms with Crippen molar-refractivity contribution in [3.05, 3.63) is 33.9 Å². The molecule has 0 aliphatic carbocycles. The number of hydrogen-bond acceptors (Lipinski definition) is 6. The highest BCUT2D eigenvalue weighted by Crippen LogP contribution is 2.06. The van der Waals surface area contributed by atoms with Crippen LogP contribution in [0, 0.1) is 16.7 Å². The molecule has 0 aromatic carbocycles. The Labute approximate surface area is 122 Å². The molecule has 21 heavy (non-hydrogen) atoms. The quantitative estimate of drug-likeness (QED) is 0.245. The van der Waals surface area contributed by atoms with E-state index in [1.165, 1.54) is 10.8 Å². The first-order valence-corrected chi connectivity index (χ1v) is 6.47. The molecule has 0 bridgehead atoms. The van der Waals surface area contributed by atoms with E-state index in [1.807, 2.05) is 0 Å². The average molecular weight is 298 g/mol. The van der Waals surface area contributed by atoms with Crippen molar-refractivity contribution in [1.82, 2.24) is 9.55 Å². The molecule has 116 valence electrons. The van der Waals surface area contributed by atoms with Gasteiger partial charge in [0.2, 0.25) is 6.54 Å². The van der Waals surface area contributed by atoms with Crippen LogP contribution >= 0.6 is 0 Å². The number of ether oxygens (including phenoxy) is 3. The first-order chi connectivity index (χ1) is 10.3. The fraction of sp³-hybridized carbons (Fsp3) is 0.667. The molecule has 0 saturated carbocycles. The lowest BCUT2D eigenvalue weighted by molar-refractivity contribution is -0.396. The number of aromatic nitrogens is 2. The maximum Gasteiger partial charge on any atom is 0.434 e. The lowest BCUT2D eigenvalue weighted by Gasteiger charge is -2.06. The monoisotopic (exact) mass is 298 g/mol. The first kappa shape index (κ1) is 17.0. The Bertz CT molecular complexity index is 457. The molecule has 0 radical (unpaired) electrons. The van der Waals surface area contributed by atoms with Crippen LogP contribution in [-0.2, 0) is 20.8 Å². The Morgan fingerprint density at radius 1 is 1.19 bits per heavy atom. The zero-order valence-electron chi connectivity index (χ0n) is 11.6. The summed E-state index contributed by atoms with van der Waals surface area (Å²) < 4.78 is 17.1. The third kappa shape index (κ3) is 7.36. The van der Waals surface area contributed by atoms with Gasteiger partial charge >= 0.3 is 5.95 Å². The minimum absolute atomic E-state index is 0.189. The van der Waals surface area contributed by atoms with Gasteiger partial charge in [0, 0.05) is 0 Å². The number of nitrogens with zero attached hydrogens (tertiary/aromatic N) is 4. The molecule has 9 heteroatoms. The highest BCUT2D eigenvalue weighted by molar-refractivity contribution is 5.06. The topological polar surface area (TPSA) is 93.0 Å². The summed E-state index contributed by atoms with van der Waals surface area (Å²) >= 11 is 0. The number of hydrogen-bond donors (Lipinski definition) is 0. The Morgan fingerprint density at radius 3 is 2.43 bits per heavy atom. The Hall–Kier alpha value is -2.02. The van der Waals surface area contributed by atoms with Crippen LogP contribution in [0.25, 0.3) is 4.85 Å². The predicted molar refractivity (Wildman–Crippen MR) is 72.8 cm³/mol. The minimum Gasteiger partial charge on any atom is -0.390 e. The lowest BCUT2D eigenvalue weighted by Crippen LogP contribution is -2.13. The van der Waals surface area contributed by atoms with E-state index in [2.05, 4.69) is 9.83 Å². The van der Waals surface area contributed by atoms with Crippen molar-refractivity contribution < 1.29 is 19.1 Å². The molecule has 0 fully saturated rings. The Balaban J connectivity index is 1.94. The fourth-order valence-corrected chi connectivity index (χ4v) is 1.46. The van der Waals surface area contributed by atoms with E-state index in [4.69, 9.17) is 20.8 Å². The highest BCUT2D eigenvalue weighted by Gasteiger charge is 2.12. The molecule has 0 spiro atoms. The van der Waals surface area contributed by atoms with Crippen molar-refractivity contribution in [2.24, 2.45) is 0 Å². The summed E-state index contributed by atoms with van der Waals surface area (Å²) in [7, 11) is 0. The first-order valence-electron chi connectivity index (χ1n) is 6.47. The molecule has 1 heterocycles. The van der Waals surface area contributed by atoms with E-state index < -0.39 is 4.92 Å². The van der Waals surface area contributed by atoms with E-state index in [1.54, 1.807) is 6.20 Å². The van der Waals surface area contributed by atoms with Crippen LogP contribution in [0.3, 0.4) is 0 Å². The third-order valence-corrected chi connectivity index (χ3v) is 2.42. The van der Waals surface area contributed by atoms with Gasteiger partial charge in [-0.05, 0) is 4.92 Å². The second-order valence-electron chi connectivity index (χ2n) is 3.90. The molecule has 0 aliphatic heterocycles. The van der Waals surface area contributed by atoms with Crippen LogP contribution in [0.2, 0.25) is 0 Å². The minimum atomic E-state index is -0.531. The molecular weight excluding hydrogens is 280 g/mol. The van der Waals surface area contributed by atoms with Gasteiger partial charge in [-0.1, -0.05) is 4.98 Å². The standard InChI is InChI=1S/C12H18N4O5/c1-13-3-6-19-8-10-21-11-9-20-7-5-15-4-2-14-12(15)16(17)18/h2,4H,3,5-11H2.